The smallest absolute Gasteiger partial charge is 0.234 e. The van der Waals surface area contributed by atoms with Crippen molar-refractivity contribution in [3.8, 4) is 5.69 Å². The number of nitrogens with zero attached hydrogens (tertiary/aromatic N) is 2. The van der Waals surface area contributed by atoms with Crippen LogP contribution in [0.2, 0.25) is 0 Å². The lowest BCUT2D eigenvalue weighted by molar-refractivity contribution is -0.121. The van der Waals surface area contributed by atoms with Crippen molar-refractivity contribution in [3.05, 3.63) is 47.3 Å². The third-order valence-electron chi connectivity index (χ3n) is 4.63. The molecule has 0 unspecified atom stereocenters. The number of hydrogen-bond acceptors (Lipinski definition) is 3. The molecule has 5 heteroatoms. The van der Waals surface area contributed by atoms with Gasteiger partial charge in [-0.15, -0.1) is 0 Å². The van der Waals surface area contributed by atoms with Gasteiger partial charge in [-0.1, -0.05) is 31.5 Å². The Kier molecular flexibility index (Phi) is 4.45. The molecule has 24 heavy (non-hydrogen) atoms. The van der Waals surface area contributed by atoms with Crippen molar-refractivity contribution in [1.29, 1.82) is 0 Å². The topological polar surface area (TPSA) is 59.0 Å². The van der Waals surface area contributed by atoms with Gasteiger partial charge in [0, 0.05) is 5.56 Å². The summed E-state index contributed by atoms with van der Waals surface area (Å²) < 4.78 is 2.02. The van der Waals surface area contributed by atoms with Crippen LogP contribution in [0.5, 0.6) is 0 Å². The molecule has 2 aromatic rings. The molecule has 1 aliphatic carbocycles. The van der Waals surface area contributed by atoms with Crippen LogP contribution in [0.4, 0.5) is 0 Å². The summed E-state index contributed by atoms with van der Waals surface area (Å²) in [6.45, 7) is 6.91. The van der Waals surface area contributed by atoms with Crippen molar-refractivity contribution in [2.24, 2.45) is 5.41 Å². The number of aryl methyl sites for hydroxylation is 1. The molecular weight excluding hydrogens is 300 g/mol. The molecule has 1 aromatic heterocycles. The molecule has 0 spiro atoms. The van der Waals surface area contributed by atoms with Crippen LogP contribution in [0.25, 0.3) is 5.69 Å². The molecule has 0 radical (unpaired) electrons. The van der Waals surface area contributed by atoms with E-state index >= 15 is 0 Å². The number of amides is 1. The molecule has 0 saturated carbocycles. The third-order valence-corrected chi connectivity index (χ3v) is 4.63. The molecular formula is C19H26N4O. The van der Waals surface area contributed by atoms with E-state index in [-0.39, 0.29) is 17.4 Å². The molecule has 128 valence electrons. The van der Waals surface area contributed by atoms with Crippen molar-refractivity contribution in [2.75, 3.05) is 13.6 Å². The van der Waals surface area contributed by atoms with Crippen LogP contribution in [0.15, 0.2) is 30.5 Å². The predicted molar refractivity (Wildman–Crippen MR) is 95.2 cm³/mol. The van der Waals surface area contributed by atoms with Gasteiger partial charge < -0.3 is 10.6 Å². The van der Waals surface area contributed by atoms with Gasteiger partial charge in [-0.2, -0.15) is 5.10 Å². The van der Waals surface area contributed by atoms with Crippen LogP contribution in [-0.4, -0.2) is 29.3 Å². The van der Waals surface area contributed by atoms with Gasteiger partial charge in [0.1, 0.15) is 0 Å². The number of fused-ring (bicyclic) bond motifs is 1. The molecule has 1 amide bonds. The van der Waals surface area contributed by atoms with E-state index in [1.165, 1.54) is 11.3 Å². The van der Waals surface area contributed by atoms with Gasteiger partial charge >= 0.3 is 0 Å². The monoisotopic (exact) mass is 326 g/mol. The van der Waals surface area contributed by atoms with Crippen molar-refractivity contribution >= 4 is 5.91 Å². The fourth-order valence-corrected chi connectivity index (χ4v) is 3.49. The fourth-order valence-electron chi connectivity index (χ4n) is 3.49. The molecule has 1 atom stereocenters. The molecule has 5 nitrogen and oxygen atoms in total. The highest BCUT2D eigenvalue weighted by Gasteiger charge is 2.35. The van der Waals surface area contributed by atoms with Gasteiger partial charge in [0.15, 0.2) is 0 Å². The summed E-state index contributed by atoms with van der Waals surface area (Å²) >= 11 is 0. The molecule has 1 heterocycles. The minimum Gasteiger partial charge on any atom is -0.348 e. The van der Waals surface area contributed by atoms with Crippen molar-refractivity contribution in [3.63, 3.8) is 0 Å². The molecule has 3 rings (SSSR count). The van der Waals surface area contributed by atoms with Crippen LogP contribution in [0.1, 0.15) is 43.1 Å². The van der Waals surface area contributed by atoms with E-state index in [1.807, 2.05) is 10.9 Å². The summed E-state index contributed by atoms with van der Waals surface area (Å²) in [4.78, 5) is 12.0. The Hall–Kier alpha value is -2.14. The first-order chi connectivity index (χ1) is 11.4. The summed E-state index contributed by atoms with van der Waals surface area (Å²) in [6.07, 6.45) is 3.79. The van der Waals surface area contributed by atoms with E-state index in [0.717, 1.165) is 24.1 Å². The number of carbonyl (C=O) groups is 1. The minimum absolute atomic E-state index is 0.0174. The number of benzene rings is 1. The van der Waals surface area contributed by atoms with Crippen LogP contribution < -0.4 is 10.6 Å². The molecule has 0 fully saturated rings. The number of carbonyl (C=O) groups excluding carboxylic acids is 1. The second-order valence-electron chi connectivity index (χ2n) is 7.49. The summed E-state index contributed by atoms with van der Waals surface area (Å²) in [5.41, 5.74) is 4.76. The molecule has 2 N–H and O–H groups in total. The Balaban J connectivity index is 1.96. The molecule has 1 aromatic carbocycles. The Labute approximate surface area is 143 Å². The summed E-state index contributed by atoms with van der Waals surface area (Å²) in [5.74, 6) is 0.0224. The van der Waals surface area contributed by atoms with E-state index in [1.54, 1.807) is 7.05 Å². The number of nitrogens with one attached hydrogen (secondary N) is 2. The second kappa shape index (κ2) is 6.40. The third kappa shape index (κ3) is 3.36. The van der Waals surface area contributed by atoms with E-state index < -0.39 is 0 Å². The first-order valence-electron chi connectivity index (χ1n) is 8.47. The zero-order valence-electron chi connectivity index (χ0n) is 14.9. The van der Waals surface area contributed by atoms with E-state index in [2.05, 4.69) is 60.8 Å². The zero-order valence-corrected chi connectivity index (χ0v) is 14.9. The number of hydrogen-bond donors (Lipinski definition) is 2. The Morgan fingerprint density at radius 1 is 1.33 bits per heavy atom. The quantitative estimate of drug-likeness (QED) is 0.908. The van der Waals surface area contributed by atoms with Crippen molar-refractivity contribution in [1.82, 2.24) is 20.4 Å². The van der Waals surface area contributed by atoms with Gasteiger partial charge in [-0.25, -0.2) is 4.68 Å². The van der Waals surface area contributed by atoms with E-state index in [0.29, 0.717) is 6.54 Å². The molecule has 0 bridgehead atoms. The van der Waals surface area contributed by atoms with Gasteiger partial charge in [-0.3, -0.25) is 4.79 Å². The van der Waals surface area contributed by atoms with Gasteiger partial charge in [-0.05, 0) is 44.4 Å². The number of likely N-dealkylation sites (N-methyl/N-ethyl adjacent to an activating group) is 1. The lowest BCUT2D eigenvalue weighted by Crippen LogP contribution is -2.39. The minimum atomic E-state index is 0.0174. The van der Waals surface area contributed by atoms with Gasteiger partial charge in [0.05, 0.1) is 30.2 Å². The lowest BCUT2D eigenvalue weighted by Gasteiger charge is -2.36. The Morgan fingerprint density at radius 2 is 2.04 bits per heavy atom. The summed E-state index contributed by atoms with van der Waals surface area (Å²) in [5, 5.41) is 10.7. The first kappa shape index (κ1) is 16.7. The SMILES string of the molecule is CNCC(=O)N[C@@H]1CC(C)(C)Cc2c1cnn2-c1ccc(C)cc1. The highest BCUT2D eigenvalue weighted by molar-refractivity contribution is 5.78. The maximum absolute atomic E-state index is 12.0. The Morgan fingerprint density at radius 3 is 2.71 bits per heavy atom. The molecule has 0 saturated heterocycles. The highest BCUT2D eigenvalue weighted by atomic mass is 16.1. The average Bonchev–Trinajstić information content (AvgIpc) is 2.90. The molecule has 1 aliphatic rings. The van der Waals surface area contributed by atoms with E-state index in [9.17, 15) is 4.79 Å². The first-order valence-corrected chi connectivity index (χ1v) is 8.47. The summed E-state index contributed by atoms with van der Waals surface area (Å²) in [7, 11) is 1.78. The second-order valence-corrected chi connectivity index (χ2v) is 7.49. The van der Waals surface area contributed by atoms with Crippen molar-refractivity contribution in [2.45, 2.75) is 39.7 Å². The van der Waals surface area contributed by atoms with Crippen molar-refractivity contribution < 1.29 is 4.79 Å². The molecule has 0 aliphatic heterocycles. The van der Waals surface area contributed by atoms with Crippen LogP contribution in [0.3, 0.4) is 0 Å². The highest BCUT2D eigenvalue weighted by Crippen LogP contribution is 2.41. The number of rotatable bonds is 4. The number of aromatic nitrogens is 2. The largest absolute Gasteiger partial charge is 0.348 e. The maximum Gasteiger partial charge on any atom is 0.234 e. The van der Waals surface area contributed by atoms with Gasteiger partial charge in [0.2, 0.25) is 5.91 Å². The Bertz CT molecular complexity index is 730. The lowest BCUT2D eigenvalue weighted by atomic mass is 9.74. The van der Waals surface area contributed by atoms with Crippen LogP contribution >= 0.6 is 0 Å². The average molecular weight is 326 g/mol. The normalized spacial score (nSPS) is 18.9. The fraction of sp³-hybridized carbons (Fsp3) is 0.474. The van der Waals surface area contributed by atoms with Crippen LogP contribution in [-0.2, 0) is 11.2 Å². The summed E-state index contributed by atoms with van der Waals surface area (Å²) in [6, 6.07) is 8.41. The standard InChI is InChI=1S/C19H26N4O/c1-13-5-7-14(8-6-13)23-17-10-19(2,3)9-16(15(17)11-21-23)22-18(24)12-20-4/h5-8,11,16,20H,9-10,12H2,1-4H3,(H,22,24)/t16-/m1/s1. The van der Waals surface area contributed by atoms with Gasteiger partial charge in [0.25, 0.3) is 0 Å². The predicted octanol–water partition coefficient (Wildman–Crippen LogP) is 2.53. The maximum atomic E-state index is 12.0. The van der Waals surface area contributed by atoms with Crippen LogP contribution in [0, 0.1) is 12.3 Å². The van der Waals surface area contributed by atoms with E-state index in [4.69, 9.17) is 0 Å². The zero-order chi connectivity index (χ0) is 17.3.